The number of carbonyl (C=O) groups is 1. The lowest BCUT2D eigenvalue weighted by Gasteiger charge is -2.35. The Morgan fingerprint density at radius 3 is 2.62 bits per heavy atom. The molecule has 1 N–H and O–H groups in total. The summed E-state index contributed by atoms with van der Waals surface area (Å²) in [6, 6.07) is -0.126. The van der Waals surface area contributed by atoms with E-state index in [4.69, 9.17) is 9.15 Å². The van der Waals surface area contributed by atoms with Gasteiger partial charge >= 0.3 is 5.97 Å². The van der Waals surface area contributed by atoms with Gasteiger partial charge in [0.15, 0.2) is 0 Å². The first-order valence-corrected chi connectivity index (χ1v) is 9.19. The number of carbonyl (C=O) groups excluding carboxylic acids is 1. The SMILES string of the molecule is CCCC1CNCCN1S(=O)(=O)c1c(C)oc(C)c1C(=O)OC.Cl. The molecular weight excluding hydrogens is 356 g/mol. The highest BCUT2D eigenvalue weighted by Crippen LogP contribution is 2.31. The van der Waals surface area contributed by atoms with Gasteiger partial charge in [0, 0.05) is 25.7 Å². The average Bonchev–Trinajstić information content (AvgIpc) is 2.82. The lowest BCUT2D eigenvalue weighted by atomic mass is 10.1. The lowest BCUT2D eigenvalue weighted by molar-refractivity contribution is 0.0594. The molecule has 1 fully saturated rings. The average molecular weight is 381 g/mol. The van der Waals surface area contributed by atoms with Gasteiger partial charge in [-0.25, -0.2) is 13.2 Å². The summed E-state index contributed by atoms with van der Waals surface area (Å²) in [5.41, 5.74) is -0.00113. The molecule has 1 aliphatic heterocycles. The minimum absolute atomic E-state index is 0. The third-order valence-electron chi connectivity index (χ3n) is 4.08. The molecule has 0 amide bonds. The summed E-state index contributed by atoms with van der Waals surface area (Å²) in [6.07, 6.45) is 1.64. The monoisotopic (exact) mass is 380 g/mol. The molecule has 138 valence electrons. The van der Waals surface area contributed by atoms with Crippen molar-refractivity contribution in [3.05, 3.63) is 17.1 Å². The van der Waals surface area contributed by atoms with Crippen LogP contribution in [0, 0.1) is 13.8 Å². The smallest absolute Gasteiger partial charge is 0.342 e. The first-order chi connectivity index (χ1) is 10.8. The number of hydrogen-bond acceptors (Lipinski definition) is 6. The van der Waals surface area contributed by atoms with Crippen molar-refractivity contribution >= 4 is 28.4 Å². The van der Waals surface area contributed by atoms with Crippen LogP contribution >= 0.6 is 12.4 Å². The van der Waals surface area contributed by atoms with Crippen LogP contribution in [0.3, 0.4) is 0 Å². The molecule has 0 radical (unpaired) electrons. The Kier molecular flexibility index (Phi) is 7.27. The van der Waals surface area contributed by atoms with Crippen molar-refractivity contribution in [3.8, 4) is 0 Å². The molecule has 2 heterocycles. The number of halogens is 1. The van der Waals surface area contributed by atoms with Gasteiger partial charge in [-0.15, -0.1) is 12.4 Å². The highest BCUT2D eigenvalue weighted by molar-refractivity contribution is 7.89. The molecule has 1 atom stereocenters. The quantitative estimate of drug-likeness (QED) is 0.784. The van der Waals surface area contributed by atoms with Crippen LogP contribution in [0.15, 0.2) is 9.31 Å². The molecular formula is C15H25ClN2O5S. The maximum Gasteiger partial charge on any atom is 0.342 e. The Bertz CT molecular complexity index is 684. The van der Waals surface area contributed by atoms with Crippen LogP contribution in [0.2, 0.25) is 0 Å². The molecule has 0 saturated carbocycles. The number of sulfonamides is 1. The van der Waals surface area contributed by atoms with Crippen molar-refractivity contribution in [2.45, 2.75) is 44.6 Å². The zero-order chi connectivity index (χ0) is 17.2. The molecule has 1 saturated heterocycles. The van der Waals surface area contributed by atoms with Gasteiger partial charge in [-0.2, -0.15) is 4.31 Å². The molecule has 0 spiro atoms. The summed E-state index contributed by atoms with van der Waals surface area (Å²) in [4.78, 5) is 12.0. The highest BCUT2D eigenvalue weighted by atomic mass is 35.5. The highest BCUT2D eigenvalue weighted by Gasteiger charge is 2.39. The van der Waals surface area contributed by atoms with Crippen LogP contribution in [0.4, 0.5) is 0 Å². The van der Waals surface area contributed by atoms with E-state index in [2.05, 4.69) is 5.32 Å². The predicted octanol–water partition coefficient (Wildman–Crippen LogP) is 1.87. The van der Waals surface area contributed by atoms with E-state index in [1.165, 1.54) is 11.4 Å². The van der Waals surface area contributed by atoms with Gasteiger partial charge in [0.2, 0.25) is 10.0 Å². The summed E-state index contributed by atoms with van der Waals surface area (Å²) in [5, 5.41) is 3.22. The number of hydrogen-bond donors (Lipinski definition) is 1. The van der Waals surface area contributed by atoms with Gasteiger partial charge in [-0.05, 0) is 20.3 Å². The van der Waals surface area contributed by atoms with Gasteiger partial charge in [0.1, 0.15) is 22.0 Å². The number of ether oxygens (including phenoxy) is 1. The Hall–Kier alpha value is -1.09. The Labute approximate surface area is 149 Å². The Morgan fingerprint density at radius 1 is 1.38 bits per heavy atom. The molecule has 1 aliphatic rings. The van der Waals surface area contributed by atoms with E-state index < -0.39 is 16.0 Å². The van der Waals surface area contributed by atoms with Gasteiger partial charge in [0.05, 0.1) is 7.11 Å². The van der Waals surface area contributed by atoms with E-state index in [1.54, 1.807) is 13.8 Å². The van der Waals surface area contributed by atoms with Crippen LogP contribution in [0.1, 0.15) is 41.6 Å². The van der Waals surface area contributed by atoms with Crippen LogP contribution in [0.25, 0.3) is 0 Å². The zero-order valence-electron chi connectivity index (χ0n) is 14.4. The second kappa shape index (κ2) is 8.33. The molecule has 0 aliphatic carbocycles. The van der Waals surface area contributed by atoms with Crippen molar-refractivity contribution in [2.24, 2.45) is 0 Å². The molecule has 1 unspecified atom stereocenters. The number of nitrogens with zero attached hydrogens (tertiary/aromatic N) is 1. The van der Waals surface area contributed by atoms with Gasteiger partial charge in [0.25, 0.3) is 0 Å². The lowest BCUT2D eigenvalue weighted by Crippen LogP contribution is -2.53. The largest absolute Gasteiger partial charge is 0.465 e. The van der Waals surface area contributed by atoms with Gasteiger partial charge in [-0.3, -0.25) is 0 Å². The zero-order valence-corrected chi connectivity index (χ0v) is 16.1. The number of piperazine rings is 1. The Balaban J connectivity index is 0.00000288. The number of methoxy groups -OCH3 is 1. The molecule has 24 heavy (non-hydrogen) atoms. The standard InChI is InChI=1S/C15H24N2O5S.ClH/c1-5-6-12-9-16-7-8-17(12)23(19,20)14-11(3)22-10(2)13(14)15(18)21-4;/h12,16H,5-9H2,1-4H3;1H. The van der Waals surface area contributed by atoms with Crippen molar-refractivity contribution in [3.63, 3.8) is 0 Å². The molecule has 1 aromatic rings. The summed E-state index contributed by atoms with van der Waals surface area (Å²) >= 11 is 0. The maximum absolute atomic E-state index is 13.2. The second-order valence-electron chi connectivity index (χ2n) is 5.67. The first kappa shape index (κ1) is 21.0. The van der Waals surface area contributed by atoms with Gasteiger partial charge in [-0.1, -0.05) is 13.3 Å². The minimum atomic E-state index is -3.83. The topological polar surface area (TPSA) is 88.9 Å². The first-order valence-electron chi connectivity index (χ1n) is 7.75. The third-order valence-corrected chi connectivity index (χ3v) is 6.19. The van der Waals surface area contributed by atoms with E-state index in [9.17, 15) is 13.2 Å². The fraction of sp³-hybridized carbons (Fsp3) is 0.667. The number of esters is 1. The summed E-state index contributed by atoms with van der Waals surface area (Å²) < 4.78 is 38.0. The number of nitrogens with one attached hydrogen (secondary N) is 1. The van der Waals surface area contributed by atoms with Crippen LogP contribution in [0.5, 0.6) is 0 Å². The summed E-state index contributed by atoms with van der Waals surface area (Å²) in [7, 11) is -2.60. The van der Waals surface area contributed by atoms with E-state index in [1.807, 2.05) is 6.92 Å². The Morgan fingerprint density at radius 2 is 2.04 bits per heavy atom. The molecule has 0 aromatic carbocycles. The molecule has 2 rings (SSSR count). The van der Waals surface area contributed by atoms with E-state index in [0.29, 0.717) is 19.6 Å². The van der Waals surface area contributed by atoms with Crippen molar-refractivity contribution in [1.82, 2.24) is 9.62 Å². The molecule has 9 heteroatoms. The molecule has 1 aromatic heterocycles. The van der Waals surface area contributed by atoms with Crippen LogP contribution < -0.4 is 5.32 Å². The molecule has 7 nitrogen and oxygen atoms in total. The normalized spacial score (nSPS) is 18.9. The maximum atomic E-state index is 13.2. The van der Waals surface area contributed by atoms with Crippen LogP contribution in [-0.4, -0.2) is 51.5 Å². The number of rotatable bonds is 5. The van der Waals surface area contributed by atoms with Crippen molar-refractivity contribution < 1.29 is 22.4 Å². The molecule has 0 bridgehead atoms. The van der Waals surface area contributed by atoms with Gasteiger partial charge < -0.3 is 14.5 Å². The van der Waals surface area contributed by atoms with Crippen molar-refractivity contribution in [1.29, 1.82) is 0 Å². The second-order valence-corrected chi connectivity index (χ2v) is 7.50. The fourth-order valence-electron chi connectivity index (χ4n) is 3.07. The minimum Gasteiger partial charge on any atom is -0.465 e. The summed E-state index contributed by atoms with van der Waals surface area (Å²) in [5.74, 6) is -0.216. The van der Waals surface area contributed by atoms with E-state index >= 15 is 0 Å². The summed E-state index contributed by atoms with van der Waals surface area (Å²) in [6.45, 7) is 6.71. The number of aryl methyl sites for hydroxylation is 2. The predicted molar refractivity (Wildman–Crippen MR) is 92.2 cm³/mol. The fourth-order valence-corrected chi connectivity index (χ4v) is 5.10. The van der Waals surface area contributed by atoms with E-state index in [0.717, 1.165) is 12.8 Å². The van der Waals surface area contributed by atoms with Crippen molar-refractivity contribution in [2.75, 3.05) is 26.7 Å². The number of furan rings is 1. The van der Waals surface area contributed by atoms with E-state index in [-0.39, 0.29) is 40.4 Å². The third kappa shape index (κ3) is 3.77. The van der Waals surface area contributed by atoms with Crippen LogP contribution in [-0.2, 0) is 14.8 Å².